The number of fused-ring (bicyclic) bond motifs is 1. The SMILES string of the molecule is C=CCCCOC(=O)[C@H]1[C@H]2C(=O)N([C@@H](CO)C(C)C)C(C(=O)N(CC=C)C(C)(C)C)C23CC[C@]1(C)O3. The van der Waals surface area contributed by atoms with Gasteiger partial charge in [-0.15, -0.1) is 13.2 Å². The summed E-state index contributed by atoms with van der Waals surface area (Å²) in [5.74, 6) is -2.78. The van der Waals surface area contributed by atoms with Gasteiger partial charge in [0.25, 0.3) is 0 Å². The Morgan fingerprint density at radius 3 is 2.47 bits per heavy atom. The number of rotatable bonds is 11. The topological polar surface area (TPSA) is 96.4 Å². The summed E-state index contributed by atoms with van der Waals surface area (Å²) in [4.78, 5) is 45.1. The van der Waals surface area contributed by atoms with Crippen LogP contribution in [-0.2, 0) is 23.9 Å². The van der Waals surface area contributed by atoms with E-state index in [0.717, 1.165) is 6.42 Å². The lowest BCUT2D eigenvalue weighted by molar-refractivity contribution is -0.163. The van der Waals surface area contributed by atoms with Crippen molar-refractivity contribution in [1.29, 1.82) is 0 Å². The number of hydrogen-bond acceptors (Lipinski definition) is 6. The van der Waals surface area contributed by atoms with Gasteiger partial charge in [0.05, 0.1) is 30.8 Å². The van der Waals surface area contributed by atoms with Crippen LogP contribution in [0.25, 0.3) is 0 Å². The first-order valence-corrected chi connectivity index (χ1v) is 13.1. The number of nitrogens with zero attached hydrogens (tertiary/aromatic N) is 2. The Bertz CT molecular complexity index is 895. The summed E-state index contributed by atoms with van der Waals surface area (Å²) in [6.45, 7) is 19.3. The van der Waals surface area contributed by atoms with Gasteiger partial charge in [0.1, 0.15) is 17.6 Å². The molecular weight excluding hydrogens is 460 g/mol. The molecule has 0 radical (unpaired) electrons. The standard InChI is InChI=1S/C28H44N2O6/c1-9-11-12-16-35-25(34)21-20-23(32)30(19(17-31)18(3)4)22(28(20)14-13-27(21,8)36-28)24(33)29(15-10-2)26(5,6)7/h9-10,18-22,31H,1-2,11-17H2,3-8H3/t19-,20-,21+,22?,27-,28?/m0/s1. The molecule has 1 spiro atoms. The largest absolute Gasteiger partial charge is 0.465 e. The number of likely N-dealkylation sites (tertiary alicyclic amines) is 1. The first-order valence-electron chi connectivity index (χ1n) is 13.1. The van der Waals surface area contributed by atoms with E-state index in [1.54, 1.807) is 17.1 Å². The summed E-state index contributed by atoms with van der Waals surface area (Å²) in [5, 5.41) is 10.3. The zero-order valence-corrected chi connectivity index (χ0v) is 22.8. The van der Waals surface area contributed by atoms with Crippen molar-refractivity contribution >= 4 is 17.8 Å². The molecule has 202 valence electrons. The van der Waals surface area contributed by atoms with Gasteiger partial charge in [0, 0.05) is 12.1 Å². The van der Waals surface area contributed by atoms with Crippen LogP contribution in [0.5, 0.6) is 0 Å². The maximum atomic E-state index is 14.3. The highest BCUT2D eigenvalue weighted by Gasteiger charge is 2.79. The second-order valence-electron chi connectivity index (χ2n) is 12.0. The number of esters is 1. The molecule has 2 amide bonds. The van der Waals surface area contributed by atoms with E-state index in [1.807, 2.05) is 41.5 Å². The van der Waals surface area contributed by atoms with Crippen LogP contribution in [0, 0.1) is 17.8 Å². The highest BCUT2D eigenvalue weighted by atomic mass is 16.6. The van der Waals surface area contributed by atoms with Crippen LogP contribution >= 0.6 is 0 Å². The molecule has 0 aromatic heterocycles. The highest BCUT2D eigenvalue weighted by Crippen LogP contribution is 2.64. The Morgan fingerprint density at radius 1 is 1.28 bits per heavy atom. The first-order chi connectivity index (χ1) is 16.8. The lowest BCUT2D eigenvalue weighted by Crippen LogP contribution is -2.62. The predicted octanol–water partition coefficient (Wildman–Crippen LogP) is 3.09. The van der Waals surface area contributed by atoms with E-state index in [4.69, 9.17) is 9.47 Å². The van der Waals surface area contributed by atoms with Crippen molar-refractivity contribution in [2.75, 3.05) is 19.8 Å². The zero-order valence-electron chi connectivity index (χ0n) is 22.8. The fourth-order valence-electron chi connectivity index (χ4n) is 6.44. The minimum absolute atomic E-state index is 0.107. The van der Waals surface area contributed by atoms with Crippen molar-refractivity contribution in [2.24, 2.45) is 17.8 Å². The van der Waals surface area contributed by atoms with E-state index in [-0.39, 0.29) is 30.9 Å². The van der Waals surface area contributed by atoms with Crippen molar-refractivity contribution in [1.82, 2.24) is 9.80 Å². The third-order valence-corrected chi connectivity index (χ3v) is 8.20. The number of ether oxygens (including phenoxy) is 2. The van der Waals surface area contributed by atoms with E-state index in [1.165, 1.54) is 4.90 Å². The molecular formula is C28H44N2O6. The van der Waals surface area contributed by atoms with Crippen molar-refractivity contribution in [3.05, 3.63) is 25.3 Å². The molecule has 3 aliphatic heterocycles. The van der Waals surface area contributed by atoms with Gasteiger partial charge in [-0.2, -0.15) is 0 Å². The van der Waals surface area contributed by atoms with Gasteiger partial charge in [0.2, 0.25) is 11.8 Å². The summed E-state index contributed by atoms with van der Waals surface area (Å²) in [6, 6.07) is -1.54. The molecule has 0 saturated carbocycles. The van der Waals surface area contributed by atoms with Crippen LogP contribution in [0.1, 0.15) is 67.2 Å². The van der Waals surface area contributed by atoms with E-state index in [9.17, 15) is 19.5 Å². The predicted molar refractivity (Wildman–Crippen MR) is 137 cm³/mol. The van der Waals surface area contributed by atoms with Crippen molar-refractivity contribution in [3.63, 3.8) is 0 Å². The Morgan fingerprint density at radius 2 is 1.94 bits per heavy atom. The van der Waals surface area contributed by atoms with Gasteiger partial charge in [0.15, 0.2) is 0 Å². The number of aliphatic hydroxyl groups excluding tert-OH is 1. The maximum absolute atomic E-state index is 14.3. The lowest BCUT2D eigenvalue weighted by Gasteiger charge is -2.44. The molecule has 3 aliphatic rings. The summed E-state index contributed by atoms with van der Waals surface area (Å²) in [7, 11) is 0. The van der Waals surface area contributed by atoms with E-state index in [2.05, 4.69) is 13.2 Å². The fraction of sp³-hybridized carbons (Fsp3) is 0.750. The molecule has 2 unspecified atom stereocenters. The molecule has 36 heavy (non-hydrogen) atoms. The molecule has 8 heteroatoms. The van der Waals surface area contributed by atoms with Crippen LogP contribution in [0.15, 0.2) is 25.3 Å². The maximum Gasteiger partial charge on any atom is 0.312 e. The van der Waals surface area contributed by atoms with Crippen LogP contribution in [0.3, 0.4) is 0 Å². The monoisotopic (exact) mass is 504 g/mol. The summed E-state index contributed by atoms with van der Waals surface area (Å²) < 4.78 is 12.3. The normalized spacial score (nSPS) is 31.9. The lowest BCUT2D eigenvalue weighted by atomic mass is 9.66. The second-order valence-corrected chi connectivity index (χ2v) is 12.0. The first kappa shape index (κ1) is 28.4. The number of hydrogen-bond donors (Lipinski definition) is 1. The smallest absolute Gasteiger partial charge is 0.312 e. The third-order valence-electron chi connectivity index (χ3n) is 8.20. The fourth-order valence-corrected chi connectivity index (χ4v) is 6.44. The van der Waals surface area contributed by atoms with Crippen molar-refractivity contribution < 1.29 is 29.0 Å². The van der Waals surface area contributed by atoms with Crippen molar-refractivity contribution in [2.45, 2.75) is 96.1 Å². The quantitative estimate of drug-likeness (QED) is 0.264. The summed E-state index contributed by atoms with van der Waals surface area (Å²) >= 11 is 0. The Kier molecular flexibility index (Phi) is 8.11. The third kappa shape index (κ3) is 4.51. The number of amides is 2. The number of carbonyl (C=O) groups is 3. The summed E-state index contributed by atoms with van der Waals surface area (Å²) in [6.07, 6.45) is 5.84. The van der Waals surface area contributed by atoms with Gasteiger partial charge in [-0.3, -0.25) is 14.4 Å². The van der Waals surface area contributed by atoms with Gasteiger partial charge in [-0.05, 0) is 59.3 Å². The van der Waals surface area contributed by atoms with Crippen LogP contribution < -0.4 is 0 Å². The summed E-state index contributed by atoms with van der Waals surface area (Å²) in [5.41, 5.74) is -2.58. The molecule has 6 atom stereocenters. The molecule has 3 saturated heterocycles. The van der Waals surface area contributed by atoms with Crippen LogP contribution in [0.4, 0.5) is 0 Å². The highest BCUT2D eigenvalue weighted by molar-refractivity contribution is 5.99. The molecule has 1 N–H and O–H groups in total. The van der Waals surface area contributed by atoms with E-state index >= 15 is 0 Å². The molecule has 0 aromatic carbocycles. The molecule has 3 heterocycles. The molecule has 8 nitrogen and oxygen atoms in total. The number of allylic oxidation sites excluding steroid dienone is 1. The van der Waals surface area contributed by atoms with E-state index < -0.39 is 46.6 Å². The number of carbonyl (C=O) groups excluding carboxylic acids is 3. The molecule has 2 bridgehead atoms. The van der Waals surface area contributed by atoms with Crippen molar-refractivity contribution in [3.8, 4) is 0 Å². The average Bonchev–Trinajstić information content (AvgIpc) is 3.35. The zero-order chi connectivity index (χ0) is 27.1. The molecule has 3 fully saturated rings. The van der Waals surface area contributed by atoms with Crippen LogP contribution in [0.2, 0.25) is 0 Å². The number of aliphatic hydroxyl groups is 1. The number of unbranched alkanes of at least 4 members (excludes halogenated alkanes) is 1. The Balaban J connectivity index is 2.09. The molecule has 3 rings (SSSR count). The van der Waals surface area contributed by atoms with Gasteiger partial charge in [-0.1, -0.05) is 26.0 Å². The van der Waals surface area contributed by atoms with Gasteiger partial charge >= 0.3 is 5.97 Å². The Hall–Kier alpha value is -2.19. The second kappa shape index (κ2) is 10.3. The van der Waals surface area contributed by atoms with Gasteiger partial charge in [-0.25, -0.2) is 0 Å². The minimum atomic E-state index is -1.15. The Labute approximate surface area is 215 Å². The van der Waals surface area contributed by atoms with E-state index in [0.29, 0.717) is 25.8 Å². The minimum Gasteiger partial charge on any atom is -0.465 e. The van der Waals surface area contributed by atoms with Gasteiger partial charge < -0.3 is 24.4 Å². The molecule has 0 aromatic rings. The average molecular weight is 505 g/mol. The van der Waals surface area contributed by atoms with Crippen LogP contribution in [-0.4, -0.2) is 81.3 Å². The molecule has 0 aliphatic carbocycles.